The van der Waals surface area contributed by atoms with Crippen molar-refractivity contribution < 1.29 is 9.53 Å². The van der Waals surface area contributed by atoms with Crippen LogP contribution in [0.25, 0.3) is 11.0 Å². The summed E-state index contributed by atoms with van der Waals surface area (Å²) in [7, 11) is 0. The van der Waals surface area contributed by atoms with E-state index in [1.165, 1.54) is 0 Å². The van der Waals surface area contributed by atoms with Gasteiger partial charge in [0.25, 0.3) is 5.91 Å². The largest absolute Gasteiger partial charge is 0.379 e. The van der Waals surface area contributed by atoms with Crippen molar-refractivity contribution >= 4 is 34.2 Å². The lowest BCUT2D eigenvalue weighted by Gasteiger charge is -2.26. The summed E-state index contributed by atoms with van der Waals surface area (Å²) in [6, 6.07) is 11.2. The van der Waals surface area contributed by atoms with Crippen molar-refractivity contribution in [2.75, 3.05) is 31.6 Å². The molecule has 1 aliphatic rings. The lowest BCUT2D eigenvalue weighted by atomic mass is 10.1. The molecule has 1 amide bonds. The number of para-hydroxylation sites is 1. The molecule has 1 fully saturated rings. The lowest BCUT2D eigenvalue weighted by molar-refractivity contribution is 0.0342. The van der Waals surface area contributed by atoms with E-state index in [-0.39, 0.29) is 5.91 Å². The van der Waals surface area contributed by atoms with Crippen molar-refractivity contribution in [3.05, 3.63) is 58.4 Å². The number of hydrogen-bond acceptors (Lipinski definition) is 4. The quantitative estimate of drug-likeness (QED) is 0.721. The van der Waals surface area contributed by atoms with Crippen molar-refractivity contribution in [3.8, 4) is 0 Å². The molecule has 0 bridgehead atoms. The Balaban J connectivity index is 1.70. The number of H-pyrrole nitrogens is 1. The average Bonchev–Trinajstić information content (AvgIpc) is 3.02. The Labute approximate surface area is 162 Å². The van der Waals surface area contributed by atoms with Crippen LogP contribution in [0.15, 0.2) is 36.4 Å². The molecule has 6 nitrogen and oxygen atoms in total. The van der Waals surface area contributed by atoms with Crippen LogP contribution in [0.4, 0.5) is 5.69 Å². The van der Waals surface area contributed by atoms with Gasteiger partial charge in [-0.05, 0) is 31.2 Å². The number of ether oxygens (including phenoxy) is 1. The topological polar surface area (TPSA) is 70.2 Å². The molecule has 0 atom stereocenters. The van der Waals surface area contributed by atoms with E-state index in [1.54, 1.807) is 12.1 Å². The summed E-state index contributed by atoms with van der Waals surface area (Å²) >= 11 is 6.19. The van der Waals surface area contributed by atoms with Gasteiger partial charge in [0.1, 0.15) is 11.3 Å². The Morgan fingerprint density at radius 3 is 2.81 bits per heavy atom. The second kappa shape index (κ2) is 7.68. The normalized spacial score (nSPS) is 15.2. The first-order valence-corrected chi connectivity index (χ1v) is 9.34. The number of carbonyl (C=O) groups excluding carboxylic acids is 1. The van der Waals surface area contributed by atoms with Gasteiger partial charge >= 0.3 is 0 Å². The summed E-state index contributed by atoms with van der Waals surface area (Å²) in [6.45, 7) is 5.71. The summed E-state index contributed by atoms with van der Waals surface area (Å²) in [5.41, 5.74) is 3.69. The van der Waals surface area contributed by atoms with Gasteiger partial charge in [0, 0.05) is 36.3 Å². The van der Waals surface area contributed by atoms with E-state index < -0.39 is 0 Å². The number of nitrogens with zero attached hydrogens (tertiary/aromatic N) is 2. The minimum Gasteiger partial charge on any atom is -0.379 e. The van der Waals surface area contributed by atoms with Crippen LogP contribution in [0.5, 0.6) is 0 Å². The molecule has 1 aromatic carbocycles. The predicted octanol–water partition coefficient (Wildman–Crippen LogP) is 3.61. The summed E-state index contributed by atoms with van der Waals surface area (Å²) < 4.78 is 5.44. The number of morpholine rings is 1. The number of fused-ring (bicyclic) bond motifs is 1. The Morgan fingerprint density at radius 2 is 2.04 bits per heavy atom. The second-order valence-electron chi connectivity index (χ2n) is 6.65. The maximum absolute atomic E-state index is 13.0. The molecular formula is C20H21ClN4O2. The zero-order chi connectivity index (χ0) is 18.8. The van der Waals surface area contributed by atoms with Crippen LogP contribution in [-0.2, 0) is 11.3 Å². The number of carbonyl (C=O) groups is 1. The molecule has 2 N–H and O–H groups in total. The van der Waals surface area contributed by atoms with Gasteiger partial charge in [-0.25, -0.2) is 4.98 Å². The van der Waals surface area contributed by atoms with Gasteiger partial charge in [-0.3, -0.25) is 9.69 Å². The molecule has 0 unspecified atom stereocenters. The minimum atomic E-state index is -0.220. The highest BCUT2D eigenvalue weighted by Crippen LogP contribution is 2.26. The van der Waals surface area contributed by atoms with Crippen LogP contribution in [-0.4, -0.2) is 47.1 Å². The molecular weight excluding hydrogens is 364 g/mol. The molecule has 0 saturated carbocycles. The molecule has 1 aliphatic heterocycles. The van der Waals surface area contributed by atoms with E-state index in [2.05, 4.69) is 20.2 Å². The zero-order valence-electron chi connectivity index (χ0n) is 15.1. The maximum Gasteiger partial charge on any atom is 0.272 e. The highest BCUT2D eigenvalue weighted by molar-refractivity contribution is 6.33. The molecule has 0 radical (unpaired) electrons. The van der Waals surface area contributed by atoms with E-state index in [4.69, 9.17) is 16.3 Å². The third kappa shape index (κ3) is 3.83. The number of rotatable bonds is 4. The number of aryl methyl sites for hydroxylation is 1. The molecule has 0 aliphatic carbocycles. The molecule has 2 aromatic heterocycles. The van der Waals surface area contributed by atoms with Crippen molar-refractivity contribution in [3.63, 3.8) is 0 Å². The van der Waals surface area contributed by atoms with E-state index in [0.29, 0.717) is 36.2 Å². The molecule has 0 spiro atoms. The van der Waals surface area contributed by atoms with Crippen LogP contribution in [0.3, 0.4) is 0 Å². The summed E-state index contributed by atoms with van der Waals surface area (Å²) in [5.74, 6) is -0.220. The fourth-order valence-corrected chi connectivity index (χ4v) is 3.50. The van der Waals surface area contributed by atoms with Crippen molar-refractivity contribution in [1.29, 1.82) is 0 Å². The molecule has 27 heavy (non-hydrogen) atoms. The number of pyridine rings is 1. The Morgan fingerprint density at radius 1 is 1.26 bits per heavy atom. The fraction of sp³-hybridized carbons (Fsp3) is 0.300. The van der Waals surface area contributed by atoms with Crippen LogP contribution in [0.1, 0.15) is 21.7 Å². The first-order chi connectivity index (χ1) is 13.1. The Bertz CT molecular complexity index is 979. The number of halogens is 1. The standard InChI is InChI=1S/C20H21ClN4O2/c1-13-6-7-14-15(12-25-8-10-27-11-9-25)18(24-19(14)22-13)20(26)23-17-5-3-2-4-16(17)21/h2-7H,8-12H2,1H3,(H,22,24)(H,23,26). The van der Waals surface area contributed by atoms with Gasteiger partial charge in [-0.2, -0.15) is 0 Å². The van der Waals surface area contributed by atoms with E-state index >= 15 is 0 Å². The third-order valence-electron chi connectivity index (χ3n) is 4.74. The molecule has 4 rings (SSSR count). The van der Waals surface area contributed by atoms with Gasteiger partial charge < -0.3 is 15.0 Å². The lowest BCUT2D eigenvalue weighted by Crippen LogP contribution is -2.36. The van der Waals surface area contributed by atoms with Gasteiger partial charge in [0.15, 0.2) is 0 Å². The van der Waals surface area contributed by atoms with Crippen molar-refractivity contribution in [2.24, 2.45) is 0 Å². The highest BCUT2D eigenvalue weighted by Gasteiger charge is 2.22. The Kier molecular flexibility index (Phi) is 5.11. The monoisotopic (exact) mass is 384 g/mol. The maximum atomic E-state index is 13.0. The van der Waals surface area contributed by atoms with Crippen LogP contribution in [0, 0.1) is 6.92 Å². The summed E-state index contributed by atoms with van der Waals surface area (Å²) in [5, 5.41) is 4.38. The first kappa shape index (κ1) is 18.0. The SMILES string of the molecule is Cc1ccc2c(CN3CCOCC3)c(C(=O)Nc3ccccc3Cl)[nH]c2n1. The number of nitrogens with one attached hydrogen (secondary N) is 2. The van der Waals surface area contributed by atoms with Crippen LogP contribution >= 0.6 is 11.6 Å². The number of hydrogen-bond donors (Lipinski definition) is 2. The molecule has 3 heterocycles. The Hall–Kier alpha value is -2.41. The number of benzene rings is 1. The average molecular weight is 385 g/mol. The molecule has 140 valence electrons. The number of aromatic nitrogens is 2. The second-order valence-corrected chi connectivity index (χ2v) is 7.06. The van der Waals surface area contributed by atoms with Crippen LogP contribution < -0.4 is 5.32 Å². The molecule has 7 heteroatoms. The van der Waals surface area contributed by atoms with E-state index in [9.17, 15) is 4.79 Å². The number of aromatic amines is 1. The number of amides is 1. The van der Waals surface area contributed by atoms with Crippen molar-refractivity contribution in [2.45, 2.75) is 13.5 Å². The summed E-state index contributed by atoms with van der Waals surface area (Å²) in [4.78, 5) is 23.1. The van der Waals surface area contributed by atoms with Gasteiger partial charge in [-0.1, -0.05) is 23.7 Å². The number of anilines is 1. The minimum absolute atomic E-state index is 0.220. The van der Waals surface area contributed by atoms with Crippen LogP contribution in [0.2, 0.25) is 5.02 Å². The predicted molar refractivity (Wildman–Crippen MR) is 106 cm³/mol. The zero-order valence-corrected chi connectivity index (χ0v) is 15.8. The smallest absolute Gasteiger partial charge is 0.272 e. The van der Waals surface area contributed by atoms with E-state index in [1.807, 2.05) is 31.2 Å². The van der Waals surface area contributed by atoms with E-state index in [0.717, 1.165) is 35.4 Å². The fourth-order valence-electron chi connectivity index (χ4n) is 3.31. The molecule has 1 saturated heterocycles. The van der Waals surface area contributed by atoms with Gasteiger partial charge in [0.05, 0.1) is 23.9 Å². The highest BCUT2D eigenvalue weighted by atomic mass is 35.5. The van der Waals surface area contributed by atoms with Gasteiger partial charge in [-0.15, -0.1) is 0 Å². The first-order valence-electron chi connectivity index (χ1n) is 8.96. The third-order valence-corrected chi connectivity index (χ3v) is 5.07. The molecule has 3 aromatic rings. The van der Waals surface area contributed by atoms with Crippen molar-refractivity contribution in [1.82, 2.24) is 14.9 Å². The summed E-state index contributed by atoms with van der Waals surface area (Å²) in [6.07, 6.45) is 0. The van der Waals surface area contributed by atoms with Gasteiger partial charge in [0.2, 0.25) is 0 Å².